The van der Waals surface area contributed by atoms with E-state index in [0.717, 1.165) is 33.6 Å². The van der Waals surface area contributed by atoms with Crippen molar-refractivity contribution in [3.05, 3.63) is 48.2 Å². The van der Waals surface area contributed by atoms with Crippen molar-refractivity contribution in [2.45, 2.75) is 24.3 Å². The van der Waals surface area contributed by atoms with E-state index < -0.39 is 0 Å². The number of hydrogen-bond donors (Lipinski definition) is 0. The molecular weight excluding hydrogens is 378 g/mol. The molecule has 0 N–H and O–H groups in total. The number of methoxy groups -OCH3 is 1. The molecule has 3 heterocycles. The van der Waals surface area contributed by atoms with Crippen LogP contribution in [0.3, 0.4) is 0 Å². The van der Waals surface area contributed by atoms with Gasteiger partial charge in [0.25, 0.3) is 0 Å². The Kier molecular flexibility index (Phi) is 4.91. The highest BCUT2D eigenvalue weighted by atomic mass is 32.2. The van der Waals surface area contributed by atoms with Crippen molar-refractivity contribution in [1.29, 1.82) is 0 Å². The quantitative estimate of drug-likeness (QED) is 0.445. The van der Waals surface area contributed by atoms with Crippen LogP contribution in [-0.4, -0.2) is 32.1 Å². The van der Waals surface area contributed by atoms with E-state index in [9.17, 15) is 0 Å². The molecule has 0 aliphatic carbocycles. The van der Waals surface area contributed by atoms with Gasteiger partial charge in [0.05, 0.1) is 24.2 Å². The third kappa shape index (κ3) is 3.40. The maximum Gasteiger partial charge on any atom is 0.247 e. The monoisotopic (exact) mass is 397 g/mol. The zero-order chi connectivity index (χ0) is 19.7. The Labute approximate surface area is 165 Å². The zero-order valence-electron chi connectivity index (χ0n) is 15.9. The van der Waals surface area contributed by atoms with E-state index in [1.165, 1.54) is 11.8 Å². The first-order chi connectivity index (χ1) is 13.6. The number of hydrogen-bond acceptors (Lipinski definition) is 8. The van der Waals surface area contributed by atoms with Crippen molar-refractivity contribution in [2.24, 2.45) is 7.05 Å². The van der Waals surface area contributed by atoms with E-state index >= 15 is 0 Å². The molecule has 0 saturated carbocycles. The van der Waals surface area contributed by atoms with Crippen molar-refractivity contribution in [3.63, 3.8) is 0 Å². The minimum absolute atomic E-state index is 0.0827. The summed E-state index contributed by atoms with van der Waals surface area (Å²) < 4.78 is 18.3. The Morgan fingerprint density at radius 2 is 1.86 bits per heavy atom. The standard InChI is InChI=1S/C19H19N5O3S/c1-11-15(9-10-26-11)16-20-23-19(24(16)3)28-12(2)17-21-22-18(27-17)13-5-7-14(25-4)8-6-13/h5-10,12H,1-4H3/t12-/m1/s1. The molecule has 4 aromatic rings. The first-order valence-corrected chi connectivity index (χ1v) is 9.53. The van der Waals surface area contributed by atoms with Crippen LogP contribution in [0.25, 0.3) is 22.8 Å². The maximum absolute atomic E-state index is 5.86. The van der Waals surface area contributed by atoms with Crippen molar-refractivity contribution >= 4 is 11.8 Å². The lowest BCUT2D eigenvalue weighted by molar-refractivity contribution is 0.415. The summed E-state index contributed by atoms with van der Waals surface area (Å²) in [5, 5.41) is 17.6. The van der Waals surface area contributed by atoms with E-state index in [2.05, 4.69) is 20.4 Å². The third-order valence-corrected chi connectivity index (χ3v) is 5.46. The van der Waals surface area contributed by atoms with Gasteiger partial charge in [-0.3, -0.25) is 0 Å². The maximum atomic E-state index is 5.86. The summed E-state index contributed by atoms with van der Waals surface area (Å²) >= 11 is 1.50. The predicted octanol–water partition coefficient (Wildman–Crippen LogP) is 4.30. The molecular formula is C19H19N5O3S. The smallest absolute Gasteiger partial charge is 0.247 e. The molecule has 4 rings (SSSR count). The molecule has 144 valence electrons. The Morgan fingerprint density at radius 1 is 1.07 bits per heavy atom. The Hall–Kier alpha value is -3.07. The number of aryl methyl sites for hydroxylation is 1. The summed E-state index contributed by atoms with van der Waals surface area (Å²) in [5.74, 6) is 3.34. The van der Waals surface area contributed by atoms with Crippen LogP contribution in [0.15, 0.2) is 50.6 Å². The number of thioether (sulfide) groups is 1. The van der Waals surface area contributed by atoms with Crippen LogP contribution < -0.4 is 4.74 Å². The van der Waals surface area contributed by atoms with Gasteiger partial charge in [0.15, 0.2) is 11.0 Å². The minimum Gasteiger partial charge on any atom is -0.497 e. The highest BCUT2D eigenvalue weighted by Crippen LogP contribution is 2.35. The van der Waals surface area contributed by atoms with Gasteiger partial charge < -0.3 is 18.1 Å². The van der Waals surface area contributed by atoms with Crippen LogP contribution >= 0.6 is 11.8 Å². The number of furan rings is 1. The molecule has 9 heteroatoms. The predicted molar refractivity (Wildman–Crippen MR) is 104 cm³/mol. The number of nitrogens with zero attached hydrogens (tertiary/aromatic N) is 5. The van der Waals surface area contributed by atoms with Crippen LogP contribution in [0.2, 0.25) is 0 Å². The number of benzene rings is 1. The van der Waals surface area contributed by atoms with Crippen LogP contribution in [-0.2, 0) is 7.05 Å². The minimum atomic E-state index is -0.0827. The summed E-state index contributed by atoms with van der Waals surface area (Å²) in [6.45, 7) is 3.89. The second kappa shape index (κ2) is 7.51. The molecule has 0 unspecified atom stereocenters. The normalized spacial score (nSPS) is 12.3. The summed E-state index contributed by atoms with van der Waals surface area (Å²) in [6.07, 6.45) is 1.65. The lowest BCUT2D eigenvalue weighted by Gasteiger charge is -2.06. The fourth-order valence-electron chi connectivity index (χ4n) is 2.73. The van der Waals surface area contributed by atoms with Gasteiger partial charge in [-0.05, 0) is 44.2 Å². The number of rotatable bonds is 6. The molecule has 0 radical (unpaired) electrons. The van der Waals surface area contributed by atoms with Gasteiger partial charge in [0.2, 0.25) is 11.8 Å². The third-order valence-electron chi connectivity index (χ3n) is 4.34. The Bertz CT molecular complexity index is 1080. The van der Waals surface area contributed by atoms with Gasteiger partial charge in [-0.15, -0.1) is 20.4 Å². The van der Waals surface area contributed by atoms with E-state index in [0.29, 0.717) is 11.8 Å². The second-order valence-corrected chi connectivity index (χ2v) is 7.50. The molecule has 1 aromatic carbocycles. The van der Waals surface area contributed by atoms with Gasteiger partial charge >= 0.3 is 0 Å². The van der Waals surface area contributed by atoms with Gasteiger partial charge in [0, 0.05) is 12.6 Å². The molecule has 0 aliphatic heterocycles. The Balaban J connectivity index is 1.52. The van der Waals surface area contributed by atoms with Gasteiger partial charge in [-0.1, -0.05) is 11.8 Å². The van der Waals surface area contributed by atoms with Crippen LogP contribution in [0.5, 0.6) is 5.75 Å². The second-order valence-electron chi connectivity index (χ2n) is 6.19. The van der Waals surface area contributed by atoms with E-state index in [-0.39, 0.29) is 5.25 Å². The highest BCUT2D eigenvalue weighted by molar-refractivity contribution is 7.99. The topological polar surface area (TPSA) is 92.0 Å². The average Bonchev–Trinajstić information content (AvgIpc) is 3.43. The van der Waals surface area contributed by atoms with Crippen molar-refractivity contribution in [2.75, 3.05) is 7.11 Å². The summed E-state index contributed by atoms with van der Waals surface area (Å²) in [6, 6.07) is 9.37. The molecule has 8 nitrogen and oxygen atoms in total. The first-order valence-electron chi connectivity index (χ1n) is 8.65. The van der Waals surface area contributed by atoms with Gasteiger partial charge in [0.1, 0.15) is 11.5 Å². The molecule has 28 heavy (non-hydrogen) atoms. The summed E-state index contributed by atoms with van der Waals surface area (Å²) in [5.41, 5.74) is 1.77. The molecule has 0 bridgehead atoms. The highest BCUT2D eigenvalue weighted by Gasteiger charge is 2.21. The van der Waals surface area contributed by atoms with Crippen molar-refractivity contribution in [3.8, 4) is 28.6 Å². The average molecular weight is 397 g/mol. The molecule has 0 saturated heterocycles. The first kappa shape index (κ1) is 18.3. The molecule has 1 atom stereocenters. The number of ether oxygens (including phenoxy) is 1. The summed E-state index contributed by atoms with van der Waals surface area (Å²) in [4.78, 5) is 0. The fourth-order valence-corrected chi connectivity index (χ4v) is 3.57. The lowest BCUT2D eigenvalue weighted by atomic mass is 10.2. The van der Waals surface area contributed by atoms with E-state index in [1.54, 1.807) is 13.4 Å². The van der Waals surface area contributed by atoms with Crippen LogP contribution in [0.4, 0.5) is 0 Å². The number of aromatic nitrogens is 5. The van der Waals surface area contributed by atoms with Gasteiger partial charge in [-0.25, -0.2) is 0 Å². The molecule has 0 spiro atoms. The molecule has 0 fully saturated rings. The van der Waals surface area contributed by atoms with Crippen LogP contribution in [0.1, 0.15) is 23.8 Å². The Morgan fingerprint density at radius 3 is 2.54 bits per heavy atom. The molecule has 0 amide bonds. The van der Waals surface area contributed by atoms with E-state index in [1.807, 2.05) is 55.8 Å². The SMILES string of the molecule is COc1ccc(-c2nnc([C@@H](C)Sc3nnc(-c4ccoc4C)n3C)o2)cc1. The lowest BCUT2D eigenvalue weighted by Crippen LogP contribution is -1.97. The molecule has 3 aromatic heterocycles. The van der Waals surface area contributed by atoms with Crippen molar-refractivity contribution in [1.82, 2.24) is 25.0 Å². The van der Waals surface area contributed by atoms with Gasteiger partial charge in [-0.2, -0.15) is 0 Å². The fraction of sp³-hybridized carbons (Fsp3) is 0.263. The van der Waals surface area contributed by atoms with Crippen molar-refractivity contribution < 1.29 is 13.6 Å². The van der Waals surface area contributed by atoms with Crippen LogP contribution in [0, 0.1) is 6.92 Å². The molecule has 0 aliphatic rings. The zero-order valence-corrected chi connectivity index (χ0v) is 16.7. The summed E-state index contributed by atoms with van der Waals surface area (Å²) in [7, 11) is 3.55. The van der Waals surface area contributed by atoms with E-state index in [4.69, 9.17) is 13.6 Å². The largest absolute Gasteiger partial charge is 0.497 e.